The van der Waals surface area contributed by atoms with Crippen LogP contribution in [0.1, 0.15) is 11.1 Å². The van der Waals surface area contributed by atoms with Crippen LogP contribution in [0.4, 0.5) is 4.39 Å². The molecule has 0 aromatic heterocycles. The van der Waals surface area contributed by atoms with Crippen molar-refractivity contribution in [1.82, 2.24) is 5.32 Å². The SMILES string of the molecule is CNC(=O)COc1cc(Cl)c(Cc2ccc(O)c(-c3ccc(F)cc3)c2)c(Cl)c1. The third kappa shape index (κ3) is 5.19. The molecule has 0 heterocycles. The van der Waals surface area contributed by atoms with Crippen molar-refractivity contribution < 1.29 is 19.0 Å². The lowest BCUT2D eigenvalue weighted by Gasteiger charge is -2.13. The Morgan fingerprint density at radius 1 is 1.07 bits per heavy atom. The van der Waals surface area contributed by atoms with Crippen molar-refractivity contribution in [3.8, 4) is 22.6 Å². The van der Waals surface area contributed by atoms with Crippen LogP contribution >= 0.6 is 23.2 Å². The topological polar surface area (TPSA) is 58.6 Å². The first-order valence-corrected chi connectivity index (χ1v) is 9.52. The number of benzene rings is 3. The van der Waals surface area contributed by atoms with Crippen molar-refractivity contribution >= 4 is 29.1 Å². The number of rotatable bonds is 6. The molecule has 0 aliphatic rings. The van der Waals surface area contributed by atoms with Crippen LogP contribution in [-0.2, 0) is 11.2 Å². The Morgan fingerprint density at radius 2 is 1.72 bits per heavy atom. The molecule has 0 bridgehead atoms. The van der Waals surface area contributed by atoms with Gasteiger partial charge in [0, 0.05) is 29.1 Å². The summed E-state index contributed by atoms with van der Waals surface area (Å²) in [7, 11) is 1.52. The minimum atomic E-state index is -0.346. The third-order valence-electron chi connectivity index (χ3n) is 4.36. The Balaban J connectivity index is 1.85. The van der Waals surface area contributed by atoms with E-state index in [0.717, 1.165) is 5.56 Å². The van der Waals surface area contributed by atoms with Gasteiger partial charge in [-0.15, -0.1) is 0 Å². The molecular weight excluding hydrogens is 416 g/mol. The quantitative estimate of drug-likeness (QED) is 0.559. The summed E-state index contributed by atoms with van der Waals surface area (Å²) in [6, 6.07) is 14.3. The highest BCUT2D eigenvalue weighted by atomic mass is 35.5. The standard InChI is InChI=1S/C22H18Cl2FNO3/c1-26-22(28)12-29-16-10-19(23)18(20(24)11-16)9-13-2-7-21(27)17(8-13)14-3-5-15(25)6-4-14/h2-8,10-11,27H,9,12H2,1H3,(H,26,28). The zero-order chi connectivity index (χ0) is 21.0. The van der Waals surface area contributed by atoms with E-state index in [9.17, 15) is 14.3 Å². The maximum Gasteiger partial charge on any atom is 0.257 e. The van der Waals surface area contributed by atoms with Crippen LogP contribution in [0, 0.1) is 5.82 Å². The minimum Gasteiger partial charge on any atom is -0.507 e. The lowest BCUT2D eigenvalue weighted by Crippen LogP contribution is -2.24. The number of hydrogen-bond acceptors (Lipinski definition) is 3. The number of ether oxygens (including phenoxy) is 1. The molecule has 0 aliphatic carbocycles. The van der Waals surface area contributed by atoms with Crippen molar-refractivity contribution in [3.05, 3.63) is 81.6 Å². The number of nitrogens with one attached hydrogen (secondary N) is 1. The predicted molar refractivity (Wildman–Crippen MR) is 112 cm³/mol. The average Bonchev–Trinajstić information content (AvgIpc) is 2.70. The molecule has 3 aromatic carbocycles. The number of likely N-dealkylation sites (N-methyl/N-ethyl adjacent to an activating group) is 1. The Bertz CT molecular complexity index is 1020. The maximum atomic E-state index is 13.2. The van der Waals surface area contributed by atoms with Crippen LogP contribution < -0.4 is 10.1 Å². The molecule has 3 aromatic rings. The van der Waals surface area contributed by atoms with Crippen LogP contribution in [0.5, 0.6) is 11.5 Å². The summed E-state index contributed by atoms with van der Waals surface area (Å²) < 4.78 is 18.6. The Morgan fingerprint density at radius 3 is 2.34 bits per heavy atom. The molecular formula is C22H18Cl2FNO3. The number of carbonyl (C=O) groups excluding carboxylic acids is 1. The summed E-state index contributed by atoms with van der Waals surface area (Å²) >= 11 is 12.8. The van der Waals surface area contributed by atoms with Gasteiger partial charge < -0.3 is 15.2 Å². The number of hydrogen-bond donors (Lipinski definition) is 2. The first kappa shape index (κ1) is 21.0. The lowest BCUT2D eigenvalue weighted by atomic mass is 9.98. The minimum absolute atomic E-state index is 0.0931. The van der Waals surface area contributed by atoms with Crippen molar-refractivity contribution in [2.24, 2.45) is 0 Å². The third-order valence-corrected chi connectivity index (χ3v) is 5.03. The van der Waals surface area contributed by atoms with E-state index < -0.39 is 0 Å². The molecule has 2 N–H and O–H groups in total. The predicted octanol–water partition coefficient (Wildman–Crippen LogP) is 5.22. The van der Waals surface area contributed by atoms with E-state index >= 15 is 0 Å². The van der Waals surface area contributed by atoms with E-state index in [2.05, 4.69) is 5.32 Å². The summed E-state index contributed by atoms with van der Waals surface area (Å²) in [5, 5.41) is 13.5. The van der Waals surface area contributed by atoms with Gasteiger partial charge in [-0.3, -0.25) is 4.79 Å². The Kier molecular flexibility index (Phi) is 6.62. The number of aromatic hydroxyl groups is 1. The highest BCUT2D eigenvalue weighted by Crippen LogP contribution is 2.35. The molecule has 1 amide bonds. The van der Waals surface area contributed by atoms with Gasteiger partial charge in [0.2, 0.25) is 0 Å². The summed E-state index contributed by atoms with van der Waals surface area (Å²) in [5.74, 6) is -0.124. The monoisotopic (exact) mass is 433 g/mol. The van der Waals surface area contributed by atoms with Crippen LogP contribution in [-0.4, -0.2) is 24.7 Å². The fourth-order valence-electron chi connectivity index (χ4n) is 2.81. The molecule has 0 saturated heterocycles. The second-order valence-corrected chi connectivity index (χ2v) is 7.18. The number of phenolic OH excluding ortho intramolecular Hbond substituents is 1. The highest BCUT2D eigenvalue weighted by molar-refractivity contribution is 6.36. The normalized spacial score (nSPS) is 10.6. The summed E-state index contributed by atoms with van der Waals surface area (Å²) in [6.07, 6.45) is 0.419. The molecule has 0 atom stereocenters. The number of phenols is 1. The van der Waals surface area contributed by atoms with Crippen LogP contribution in [0.2, 0.25) is 10.0 Å². The fourth-order valence-corrected chi connectivity index (χ4v) is 3.41. The zero-order valence-corrected chi connectivity index (χ0v) is 17.0. The van der Waals surface area contributed by atoms with Gasteiger partial charge in [-0.25, -0.2) is 4.39 Å². The van der Waals surface area contributed by atoms with Crippen molar-refractivity contribution in [1.29, 1.82) is 0 Å². The van der Waals surface area contributed by atoms with Crippen molar-refractivity contribution in [2.75, 3.05) is 13.7 Å². The van der Waals surface area contributed by atoms with E-state index in [1.165, 1.54) is 19.2 Å². The molecule has 7 heteroatoms. The molecule has 0 unspecified atom stereocenters. The lowest BCUT2D eigenvalue weighted by molar-refractivity contribution is -0.122. The summed E-state index contributed by atoms with van der Waals surface area (Å²) in [4.78, 5) is 11.3. The van der Waals surface area contributed by atoms with Crippen LogP contribution in [0.3, 0.4) is 0 Å². The van der Waals surface area contributed by atoms with E-state index in [4.69, 9.17) is 27.9 Å². The van der Waals surface area contributed by atoms with Gasteiger partial charge in [0.05, 0.1) is 0 Å². The smallest absolute Gasteiger partial charge is 0.257 e. The van der Waals surface area contributed by atoms with Gasteiger partial charge in [0.25, 0.3) is 5.91 Å². The molecule has 0 saturated carbocycles. The zero-order valence-electron chi connectivity index (χ0n) is 15.5. The van der Waals surface area contributed by atoms with Gasteiger partial charge in [0.15, 0.2) is 6.61 Å². The van der Waals surface area contributed by atoms with Gasteiger partial charge in [-0.05, 0) is 53.1 Å². The van der Waals surface area contributed by atoms with Gasteiger partial charge in [0.1, 0.15) is 17.3 Å². The highest BCUT2D eigenvalue weighted by Gasteiger charge is 2.13. The molecule has 0 aliphatic heterocycles. The van der Waals surface area contributed by atoms with Crippen molar-refractivity contribution in [3.63, 3.8) is 0 Å². The number of halogens is 3. The second-order valence-electron chi connectivity index (χ2n) is 6.36. The maximum absolute atomic E-state index is 13.2. The molecule has 29 heavy (non-hydrogen) atoms. The van der Waals surface area contributed by atoms with E-state index in [1.54, 1.807) is 36.4 Å². The van der Waals surface area contributed by atoms with Gasteiger partial charge >= 0.3 is 0 Å². The molecule has 4 nitrogen and oxygen atoms in total. The summed E-state index contributed by atoms with van der Waals surface area (Å²) in [6.45, 7) is -0.137. The molecule has 0 spiro atoms. The van der Waals surface area contributed by atoms with E-state index in [0.29, 0.717) is 38.9 Å². The summed E-state index contributed by atoms with van der Waals surface area (Å²) in [5.41, 5.74) is 2.84. The molecule has 0 fully saturated rings. The van der Waals surface area contributed by atoms with Crippen LogP contribution in [0.25, 0.3) is 11.1 Å². The average molecular weight is 434 g/mol. The van der Waals surface area contributed by atoms with E-state index in [-0.39, 0.29) is 24.1 Å². The molecule has 0 radical (unpaired) electrons. The molecule has 3 rings (SSSR count). The number of amides is 1. The second kappa shape index (κ2) is 9.16. The van der Waals surface area contributed by atoms with Crippen molar-refractivity contribution in [2.45, 2.75) is 6.42 Å². The fraction of sp³-hybridized carbons (Fsp3) is 0.136. The van der Waals surface area contributed by atoms with Gasteiger partial charge in [-0.1, -0.05) is 41.4 Å². The Hall–Kier alpha value is -2.76. The first-order chi connectivity index (χ1) is 13.9. The molecule has 150 valence electrons. The largest absolute Gasteiger partial charge is 0.507 e. The van der Waals surface area contributed by atoms with E-state index in [1.807, 2.05) is 6.07 Å². The number of carbonyl (C=O) groups is 1. The van der Waals surface area contributed by atoms with Crippen LogP contribution in [0.15, 0.2) is 54.6 Å². The first-order valence-electron chi connectivity index (χ1n) is 8.76. The Labute approximate surface area is 177 Å². The van der Waals surface area contributed by atoms with Gasteiger partial charge in [-0.2, -0.15) is 0 Å².